The molecular formula is C17H21N3O4. The number of hydrogen-bond acceptors (Lipinski definition) is 5. The quantitative estimate of drug-likeness (QED) is 0.756. The standard InChI is InChI=1S/C17H21N3O4/c1-20-8-7-18-14(20)11-3-2-4-13(9-11)19-17(16(23)24)6-5-12(10-17)15(21)22/h2-4,9,12,19H,5-8,10H2,1H3,(H,21,22)(H,23,24). The molecule has 0 saturated heterocycles. The smallest absolute Gasteiger partial charge is 0.329 e. The summed E-state index contributed by atoms with van der Waals surface area (Å²) in [6.45, 7) is 1.62. The molecule has 1 saturated carbocycles. The summed E-state index contributed by atoms with van der Waals surface area (Å²) in [5.74, 6) is -1.68. The summed E-state index contributed by atoms with van der Waals surface area (Å²) in [6, 6.07) is 7.47. The van der Waals surface area contributed by atoms with Crippen LogP contribution in [0.15, 0.2) is 29.3 Å². The van der Waals surface area contributed by atoms with E-state index < -0.39 is 23.4 Å². The molecule has 7 nitrogen and oxygen atoms in total. The van der Waals surface area contributed by atoms with E-state index in [-0.39, 0.29) is 6.42 Å². The maximum Gasteiger partial charge on any atom is 0.329 e. The molecule has 1 aromatic rings. The highest BCUT2D eigenvalue weighted by molar-refractivity contribution is 6.00. The van der Waals surface area contributed by atoms with E-state index in [0.717, 1.165) is 24.5 Å². The van der Waals surface area contributed by atoms with Crippen LogP contribution >= 0.6 is 0 Å². The van der Waals surface area contributed by atoms with Gasteiger partial charge >= 0.3 is 11.9 Å². The predicted octanol–water partition coefficient (Wildman–Crippen LogP) is 1.50. The van der Waals surface area contributed by atoms with Crippen LogP contribution in [0.25, 0.3) is 0 Å². The van der Waals surface area contributed by atoms with Crippen molar-refractivity contribution < 1.29 is 19.8 Å². The van der Waals surface area contributed by atoms with Gasteiger partial charge in [-0.3, -0.25) is 9.79 Å². The molecular weight excluding hydrogens is 310 g/mol. The van der Waals surface area contributed by atoms with Crippen LogP contribution in [0.1, 0.15) is 24.8 Å². The second kappa shape index (κ2) is 6.14. The second-order valence-electron chi connectivity index (χ2n) is 6.50. The van der Waals surface area contributed by atoms with Crippen LogP contribution in [0.4, 0.5) is 5.69 Å². The van der Waals surface area contributed by atoms with Crippen molar-refractivity contribution in [2.75, 3.05) is 25.5 Å². The third kappa shape index (κ3) is 2.93. The highest BCUT2D eigenvalue weighted by atomic mass is 16.4. The van der Waals surface area contributed by atoms with Gasteiger partial charge in [0, 0.05) is 24.8 Å². The number of likely N-dealkylation sites (N-methyl/N-ethyl adjacent to an activating group) is 1. The van der Waals surface area contributed by atoms with Gasteiger partial charge in [0.05, 0.1) is 12.5 Å². The molecule has 1 aromatic carbocycles. The number of carboxylic acids is 2. The number of carbonyl (C=O) groups is 2. The average Bonchev–Trinajstić information content (AvgIpc) is 3.15. The molecule has 3 N–H and O–H groups in total. The van der Waals surface area contributed by atoms with Gasteiger partial charge in [0.15, 0.2) is 0 Å². The minimum atomic E-state index is -1.23. The lowest BCUT2D eigenvalue weighted by atomic mass is 9.95. The third-order valence-corrected chi connectivity index (χ3v) is 4.84. The van der Waals surface area contributed by atoms with Crippen molar-refractivity contribution >= 4 is 23.5 Å². The van der Waals surface area contributed by atoms with Crippen LogP contribution in [-0.2, 0) is 9.59 Å². The van der Waals surface area contributed by atoms with Gasteiger partial charge < -0.3 is 20.4 Å². The number of carboxylic acid groups (broad SMARTS) is 2. The number of benzene rings is 1. The second-order valence-corrected chi connectivity index (χ2v) is 6.50. The van der Waals surface area contributed by atoms with E-state index in [4.69, 9.17) is 5.11 Å². The summed E-state index contributed by atoms with van der Waals surface area (Å²) in [6.07, 6.45) is 0.747. The number of aliphatic carboxylic acids is 2. The highest BCUT2D eigenvalue weighted by Gasteiger charge is 2.47. The number of nitrogens with zero attached hydrogens (tertiary/aromatic N) is 2. The summed E-state index contributed by atoms with van der Waals surface area (Å²) in [5, 5.41) is 21.9. The highest BCUT2D eigenvalue weighted by Crippen LogP contribution is 2.38. The predicted molar refractivity (Wildman–Crippen MR) is 89.4 cm³/mol. The zero-order chi connectivity index (χ0) is 17.3. The fourth-order valence-electron chi connectivity index (χ4n) is 3.47. The molecule has 2 aliphatic rings. The van der Waals surface area contributed by atoms with Gasteiger partial charge in [0.25, 0.3) is 0 Å². The van der Waals surface area contributed by atoms with Crippen molar-refractivity contribution in [3.05, 3.63) is 29.8 Å². The fraction of sp³-hybridized carbons (Fsp3) is 0.471. The molecule has 0 radical (unpaired) electrons. The van der Waals surface area contributed by atoms with Gasteiger partial charge in [-0.15, -0.1) is 0 Å². The Kier molecular flexibility index (Phi) is 4.17. The molecule has 2 unspecified atom stereocenters. The normalized spacial score (nSPS) is 26.3. The molecule has 0 spiro atoms. The maximum atomic E-state index is 11.8. The van der Waals surface area contributed by atoms with Crippen molar-refractivity contribution in [1.29, 1.82) is 0 Å². The maximum absolute atomic E-state index is 11.8. The molecule has 1 heterocycles. The first kappa shape index (κ1) is 16.3. The summed E-state index contributed by atoms with van der Waals surface area (Å²) in [5.41, 5.74) is 0.364. The summed E-state index contributed by atoms with van der Waals surface area (Å²) in [4.78, 5) is 29.5. The molecule has 128 valence electrons. The molecule has 7 heteroatoms. The zero-order valence-corrected chi connectivity index (χ0v) is 13.5. The van der Waals surface area contributed by atoms with Crippen LogP contribution in [0.5, 0.6) is 0 Å². The number of amidine groups is 1. The van der Waals surface area contributed by atoms with E-state index in [0.29, 0.717) is 18.5 Å². The fourth-order valence-corrected chi connectivity index (χ4v) is 3.47. The van der Waals surface area contributed by atoms with Crippen LogP contribution in [0.3, 0.4) is 0 Å². The summed E-state index contributed by atoms with van der Waals surface area (Å²) >= 11 is 0. The molecule has 0 bridgehead atoms. The lowest BCUT2D eigenvalue weighted by Gasteiger charge is -2.27. The molecule has 0 aromatic heterocycles. The van der Waals surface area contributed by atoms with Crippen LogP contribution < -0.4 is 5.32 Å². The van der Waals surface area contributed by atoms with E-state index in [1.54, 1.807) is 6.07 Å². The Hall–Kier alpha value is -2.57. The van der Waals surface area contributed by atoms with E-state index in [1.165, 1.54) is 0 Å². The van der Waals surface area contributed by atoms with Gasteiger partial charge in [-0.05, 0) is 31.4 Å². The van der Waals surface area contributed by atoms with Crippen molar-refractivity contribution in [2.45, 2.75) is 24.8 Å². The number of rotatable bonds is 5. The molecule has 1 aliphatic carbocycles. The topological polar surface area (TPSA) is 102 Å². The molecule has 2 atom stereocenters. The molecule has 24 heavy (non-hydrogen) atoms. The molecule has 3 rings (SSSR count). The lowest BCUT2D eigenvalue weighted by molar-refractivity contribution is -0.143. The number of anilines is 1. The Bertz CT molecular complexity index is 703. The van der Waals surface area contributed by atoms with E-state index in [1.807, 2.05) is 25.2 Å². The van der Waals surface area contributed by atoms with Gasteiger partial charge in [0.1, 0.15) is 11.4 Å². The molecule has 0 amide bonds. The number of hydrogen-bond donors (Lipinski definition) is 3. The van der Waals surface area contributed by atoms with Crippen LogP contribution in [-0.4, -0.2) is 58.6 Å². The first-order chi connectivity index (χ1) is 11.4. The van der Waals surface area contributed by atoms with E-state index in [2.05, 4.69) is 15.2 Å². The average molecular weight is 331 g/mol. The van der Waals surface area contributed by atoms with Crippen LogP contribution in [0.2, 0.25) is 0 Å². The largest absolute Gasteiger partial charge is 0.481 e. The Morgan fingerprint density at radius 3 is 2.75 bits per heavy atom. The Morgan fingerprint density at radius 1 is 1.38 bits per heavy atom. The number of aliphatic imine (C=N–C) groups is 1. The van der Waals surface area contributed by atoms with Gasteiger partial charge in [-0.2, -0.15) is 0 Å². The number of nitrogens with one attached hydrogen (secondary N) is 1. The van der Waals surface area contributed by atoms with Crippen molar-refractivity contribution in [1.82, 2.24) is 4.90 Å². The SMILES string of the molecule is CN1CCN=C1c1cccc(NC2(C(=O)O)CCC(C(=O)O)C2)c1. The molecule has 1 aliphatic heterocycles. The lowest BCUT2D eigenvalue weighted by Crippen LogP contribution is -2.44. The minimum Gasteiger partial charge on any atom is -0.481 e. The Balaban J connectivity index is 1.84. The van der Waals surface area contributed by atoms with Crippen LogP contribution in [0, 0.1) is 5.92 Å². The minimum absolute atomic E-state index is 0.0861. The summed E-state index contributed by atoms with van der Waals surface area (Å²) < 4.78 is 0. The van der Waals surface area contributed by atoms with E-state index >= 15 is 0 Å². The zero-order valence-electron chi connectivity index (χ0n) is 13.5. The first-order valence-corrected chi connectivity index (χ1v) is 8.02. The van der Waals surface area contributed by atoms with Gasteiger partial charge in [0.2, 0.25) is 0 Å². The third-order valence-electron chi connectivity index (χ3n) is 4.84. The van der Waals surface area contributed by atoms with Gasteiger partial charge in [-0.25, -0.2) is 4.79 Å². The Morgan fingerprint density at radius 2 is 2.17 bits per heavy atom. The van der Waals surface area contributed by atoms with E-state index in [9.17, 15) is 14.7 Å². The van der Waals surface area contributed by atoms with Crippen molar-refractivity contribution in [2.24, 2.45) is 10.9 Å². The summed E-state index contributed by atoms with van der Waals surface area (Å²) in [7, 11) is 1.97. The van der Waals surface area contributed by atoms with Crippen molar-refractivity contribution in [3.8, 4) is 0 Å². The monoisotopic (exact) mass is 331 g/mol. The molecule has 1 fully saturated rings. The van der Waals surface area contributed by atoms with Crippen molar-refractivity contribution in [3.63, 3.8) is 0 Å². The van der Waals surface area contributed by atoms with Gasteiger partial charge in [-0.1, -0.05) is 12.1 Å². The Labute approximate surface area is 140 Å². The first-order valence-electron chi connectivity index (χ1n) is 8.02.